The zero-order valence-corrected chi connectivity index (χ0v) is 9.14. The van der Waals surface area contributed by atoms with E-state index in [1.807, 2.05) is 0 Å². The third kappa shape index (κ3) is 1.84. The van der Waals surface area contributed by atoms with E-state index < -0.39 is 0 Å². The fourth-order valence-electron chi connectivity index (χ4n) is 1.72. The van der Waals surface area contributed by atoms with Gasteiger partial charge in [-0.15, -0.1) is 0 Å². The van der Waals surface area contributed by atoms with E-state index in [9.17, 15) is 0 Å². The largest absolute Gasteiger partial charge is 0.0694 e. The molecule has 2 rings (SSSR count). The second-order valence-electron chi connectivity index (χ2n) is 3.75. The molecule has 0 atom stereocenters. The van der Waals surface area contributed by atoms with Crippen LogP contribution in [0.5, 0.6) is 0 Å². The molecular weight excluding hydrogens is 175 g/mol. The first-order valence-electron chi connectivity index (χ1n) is 4.72. The molecular formula is C12H15P. The molecule has 1 aromatic carbocycles. The predicted octanol–water partition coefficient (Wildman–Crippen LogP) is 3.14. The van der Waals surface area contributed by atoms with Crippen LogP contribution in [0, 0.1) is 0 Å². The lowest BCUT2D eigenvalue weighted by molar-refractivity contribution is 1.29. The van der Waals surface area contributed by atoms with Crippen molar-refractivity contribution in [1.82, 2.24) is 0 Å². The molecule has 0 saturated carbocycles. The summed E-state index contributed by atoms with van der Waals surface area (Å²) in [4.78, 5) is 0. The van der Waals surface area contributed by atoms with Crippen LogP contribution in [0.25, 0.3) is 0 Å². The summed E-state index contributed by atoms with van der Waals surface area (Å²) < 4.78 is 0. The van der Waals surface area contributed by atoms with Crippen LogP contribution in [0.4, 0.5) is 0 Å². The van der Waals surface area contributed by atoms with E-state index in [4.69, 9.17) is 0 Å². The average molecular weight is 190 g/mol. The molecule has 0 saturated heterocycles. The summed E-state index contributed by atoms with van der Waals surface area (Å²) in [5.74, 6) is 0. The van der Waals surface area contributed by atoms with Gasteiger partial charge in [0.2, 0.25) is 0 Å². The van der Waals surface area contributed by atoms with Gasteiger partial charge in [0.05, 0.1) is 0 Å². The quantitative estimate of drug-likeness (QED) is 0.471. The van der Waals surface area contributed by atoms with Crippen molar-refractivity contribution in [2.45, 2.75) is 13.8 Å². The highest BCUT2D eigenvalue weighted by Crippen LogP contribution is 2.44. The number of allylic oxidation sites excluding steroid dienone is 2. The van der Waals surface area contributed by atoms with Crippen molar-refractivity contribution in [1.29, 1.82) is 0 Å². The Morgan fingerprint density at radius 3 is 2.00 bits per heavy atom. The highest BCUT2D eigenvalue weighted by atomic mass is 31.1. The normalized spacial score (nSPS) is 18.3. The highest BCUT2D eigenvalue weighted by molar-refractivity contribution is 7.66. The van der Waals surface area contributed by atoms with Crippen LogP contribution >= 0.6 is 7.92 Å². The van der Waals surface area contributed by atoms with Crippen LogP contribution in [0.1, 0.15) is 13.8 Å². The van der Waals surface area contributed by atoms with Crippen molar-refractivity contribution >= 4 is 13.2 Å². The Morgan fingerprint density at radius 2 is 1.46 bits per heavy atom. The lowest BCUT2D eigenvalue weighted by Gasteiger charge is -2.10. The van der Waals surface area contributed by atoms with Gasteiger partial charge < -0.3 is 0 Å². The summed E-state index contributed by atoms with van der Waals surface area (Å²) in [6, 6.07) is 11.0. The topological polar surface area (TPSA) is 0 Å². The minimum atomic E-state index is 0.107. The maximum Gasteiger partial charge on any atom is -0.00713 e. The third-order valence-corrected chi connectivity index (χ3v) is 5.45. The predicted molar refractivity (Wildman–Crippen MR) is 61.1 cm³/mol. The molecule has 1 aliphatic heterocycles. The molecule has 0 aliphatic carbocycles. The van der Waals surface area contributed by atoms with Gasteiger partial charge in [0.25, 0.3) is 0 Å². The monoisotopic (exact) mass is 190 g/mol. The van der Waals surface area contributed by atoms with Gasteiger partial charge in [-0.05, 0) is 31.5 Å². The lowest BCUT2D eigenvalue weighted by Crippen LogP contribution is -2.01. The van der Waals surface area contributed by atoms with Crippen LogP contribution < -0.4 is 5.30 Å². The van der Waals surface area contributed by atoms with Crippen molar-refractivity contribution in [2.75, 3.05) is 12.3 Å². The summed E-state index contributed by atoms with van der Waals surface area (Å²) >= 11 is 0. The lowest BCUT2D eigenvalue weighted by atomic mass is 10.2. The molecule has 0 bridgehead atoms. The van der Waals surface area contributed by atoms with Crippen molar-refractivity contribution in [2.24, 2.45) is 0 Å². The first-order valence-corrected chi connectivity index (χ1v) is 6.44. The summed E-state index contributed by atoms with van der Waals surface area (Å²) in [7, 11) is 0.107. The first kappa shape index (κ1) is 8.97. The van der Waals surface area contributed by atoms with Crippen molar-refractivity contribution < 1.29 is 0 Å². The molecule has 0 nitrogen and oxygen atoms in total. The average Bonchev–Trinajstić information content (AvgIpc) is 2.49. The molecule has 1 aliphatic rings. The molecule has 0 spiro atoms. The number of benzene rings is 1. The van der Waals surface area contributed by atoms with E-state index in [2.05, 4.69) is 44.2 Å². The van der Waals surface area contributed by atoms with E-state index in [1.54, 1.807) is 16.5 Å². The second kappa shape index (κ2) is 3.64. The summed E-state index contributed by atoms with van der Waals surface area (Å²) in [6.45, 7) is 4.56. The van der Waals surface area contributed by atoms with Crippen molar-refractivity contribution in [3.63, 3.8) is 0 Å². The molecule has 1 aromatic rings. The summed E-state index contributed by atoms with van der Waals surface area (Å²) in [6.07, 6.45) is 2.65. The standard InChI is InChI=1S/C12H15P/c1-10-8-13(9-11(10)2)12-6-4-3-5-7-12/h3-7H,8-9H2,1-2H3. The zero-order chi connectivity index (χ0) is 9.26. The van der Waals surface area contributed by atoms with Gasteiger partial charge in [0.1, 0.15) is 0 Å². The molecule has 13 heavy (non-hydrogen) atoms. The maximum atomic E-state index is 2.28. The van der Waals surface area contributed by atoms with Crippen LogP contribution in [-0.4, -0.2) is 12.3 Å². The molecule has 0 amide bonds. The van der Waals surface area contributed by atoms with Gasteiger partial charge in [-0.1, -0.05) is 49.4 Å². The van der Waals surface area contributed by atoms with Crippen LogP contribution in [0.15, 0.2) is 41.5 Å². The minimum Gasteiger partial charge on any atom is -0.0694 e. The van der Waals surface area contributed by atoms with Gasteiger partial charge in [-0.3, -0.25) is 0 Å². The third-order valence-electron chi connectivity index (χ3n) is 2.71. The molecule has 0 N–H and O–H groups in total. The van der Waals surface area contributed by atoms with Gasteiger partial charge in [0.15, 0.2) is 0 Å². The van der Waals surface area contributed by atoms with Crippen LogP contribution in [0.3, 0.4) is 0 Å². The zero-order valence-electron chi connectivity index (χ0n) is 8.25. The van der Waals surface area contributed by atoms with Crippen LogP contribution in [0.2, 0.25) is 0 Å². The Balaban J connectivity index is 2.16. The van der Waals surface area contributed by atoms with E-state index in [-0.39, 0.29) is 7.92 Å². The molecule has 0 unspecified atom stereocenters. The summed E-state index contributed by atoms with van der Waals surface area (Å²) in [5.41, 5.74) is 3.24. The molecule has 1 heteroatoms. The highest BCUT2D eigenvalue weighted by Gasteiger charge is 2.19. The molecule has 68 valence electrons. The Hall–Kier alpha value is -0.610. The van der Waals surface area contributed by atoms with E-state index in [0.29, 0.717) is 0 Å². The van der Waals surface area contributed by atoms with Crippen molar-refractivity contribution in [3.05, 3.63) is 41.5 Å². The van der Waals surface area contributed by atoms with E-state index in [1.165, 1.54) is 12.3 Å². The second-order valence-corrected chi connectivity index (χ2v) is 5.98. The fraction of sp³-hybridized carbons (Fsp3) is 0.333. The number of hydrogen-bond donors (Lipinski definition) is 0. The minimum absolute atomic E-state index is 0.107. The fourth-order valence-corrected chi connectivity index (χ4v) is 4.48. The Kier molecular flexibility index (Phi) is 2.51. The number of hydrogen-bond acceptors (Lipinski definition) is 0. The number of rotatable bonds is 1. The SMILES string of the molecule is CC1=C(C)CP(c2ccccc2)C1. The molecule has 1 heterocycles. The smallest absolute Gasteiger partial charge is 0.00713 e. The Labute approximate surface area is 81.4 Å². The van der Waals surface area contributed by atoms with Gasteiger partial charge in [-0.2, -0.15) is 0 Å². The first-order chi connectivity index (χ1) is 6.27. The molecule has 0 radical (unpaired) electrons. The van der Waals surface area contributed by atoms with Gasteiger partial charge in [0, 0.05) is 0 Å². The van der Waals surface area contributed by atoms with E-state index in [0.717, 1.165) is 0 Å². The van der Waals surface area contributed by atoms with Crippen LogP contribution in [-0.2, 0) is 0 Å². The molecule has 0 fully saturated rings. The van der Waals surface area contributed by atoms with Gasteiger partial charge in [-0.25, -0.2) is 0 Å². The molecule has 0 aromatic heterocycles. The van der Waals surface area contributed by atoms with Gasteiger partial charge >= 0.3 is 0 Å². The van der Waals surface area contributed by atoms with E-state index >= 15 is 0 Å². The Bertz CT molecular complexity index is 310. The van der Waals surface area contributed by atoms with Crippen molar-refractivity contribution in [3.8, 4) is 0 Å². The summed E-state index contributed by atoms with van der Waals surface area (Å²) in [5, 5.41) is 1.56. The Morgan fingerprint density at radius 1 is 0.923 bits per heavy atom. The maximum absolute atomic E-state index is 2.28.